The average Bonchev–Trinajstić information content (AvgIpc) is 3.12. The number of ether oxygens (including phenoxy) is 1. The van der Waals surface area contributed by atoms with E-state index >= 15 is 0 Å². The molecule has 0 saturated heterocycles. The monoisotopic (exact) mass is 478 g/mol. The number of aliphatic carboxylic acids is 1. The zero-order valence-electron chi connectivity index (χ0n) is 17.4. The van der Waals surface area contributed by atoms with Crippen LogP contribution in [0.2, 0.25) is 0 Å². The van der Waals surface area contributed by atoms with Gasteiger partial charge in [0.25, 0.3) is 0 Å². The lowest BCUT2D eigenvalue weighted by Crippen LogP contribution is -2.04. The number of carboxylic acids is 1. The van der Waals surface area contributed by atoms with Crippen LogP contribution in [0.5, 0.6) is 5.75 Å². The summed E-state index contributed by atoms with van der Waals surface area (Å²) in [6.07, 6.45) is -0.0593. The maximum Gasteiger partial charge on any atom is 0.307 e. The minimum absolute atomic E-state index is 0.0593. The number of benzene rings is 3. The van der Waals surface area contributed by atoms with Crippen molar-refractivity contribution in [1.82, 2.24) is 9.78 Å². The van der Waals surface area contributed by atoms with Crippen molar-refractivity contribution < 1.29 is 14.6 Å². The van der Waals surface area contributed by atoms with Crippen molar-refractivity contribution >= 4 is 32.8 Å². The molecule has 5 nitrogen and oxygen atoms in total. The van der Waals surface area contributed by atoms with Gasteiger partial charge in [-0.25, -0.2) is 0 Å². The van der Waals surface area contributed by atoms with Gasteiger partial charge in [0.05, 0.1) is 11.9 Å². The fraction of sp³-hybridized carbons (Fsp3) is 0.200. The Bertz CT molecular complexity index is 1230. The van der Waals surface area contributed by atoms with Crippen molar-refractivity contribution in [3.63, 3.8) is 0 Å². The maximum absolute atomic E-state index is 11.1. The van der Waals surface area contributed by atoms with Crippen LogP contribution in [0.1, 0.15) is 31.0 Å². The molecule has 3 aromatic carbocycles. The average molecular weight is 479 g/mol. The molecule has 0 aliphatic heterocycles. The molecular weight excluding hydrogens is 456 g/mol. The van der Waals surface area contributed by atoms with Gasteiger partial charge in [-0.3, -0.25) is 9.48 Å². The molecule has 0 radical (unpaired) electrons. The van der Waals surface area contributed by atoms with E-state index in [-0.39, 0.29) is 12.5 Å². The first-order valence-electron chi connectivity index (χ1n) is 10.1. The van der Waals surface area contributed by atoms with Gasteiger partial charge in [-0.05, 0) is 43.7 Å². The highest BCUT2D eigenvalue weighted by atomic mass is 79.9. The second-order valence-corrected chi connectivity index (χ2v) is 8.63. The predicted molar refractivity (Wildman–Crippen MR) is 125 cm³/mol. The molecule has 1 aromatic heterocycles. The van der Waals surface area contributed by atoms with Gasteiger partial charge in [-0.15, -0.1) is 0 Å². The summed E-state index contributed by atoms with van der Waals surface area (Å²) in [5.74, 6) is -0.277. The Morgan fingerprint density at radius 2 is 1.84 bits per heavy atom. The molecule has 0 fully saturated rings. The minimum Gasteiger partial charge on any atom is -0.489 e. The Labute approximate surface area is 189 Å². The van der Waals surface area contributed by atoms with Crippen LogP contribution in [0.4, 0.5) is 0 Å². The van der Waals surface area contributed by atoms with Gasteiger partial charge in [0.15, 0.2) is 0 Å². The lowest BCUT2D eigenvalue weighted by atomic mass is 10.1. The topological polar surface area (TPSA) is 64.4 Å². The zero-order valence-corrected chi connectivity index (χ0v) is 19.0. The van der Waals surface area contributed by atoms with Crippen LogP contribution in [0.15, 0.2) is 71.2 Å². The van der Waals surface area contributed by atoms with Gasteiger partial charge in [-0.1, -0.05) is 58.4 Å². The van der Waals surface area contributed by atoms with Gasteiger partial charge in [-0.2, -0.15) is 5.10 Å². The molecule has 0 aliphatic rings. The number of hydrogen-bond acceptors (Lipinski definition) is 3. The molecule has 0 bridgehead atoms. The Hall–Kier alpha value is -3.12. The van der Waals surface area contributed by atoms with Crippen LogP contribution in [0, 0.1) is 0 Å². The second kappa shape index (κ2) is 8.94. The molecule has 0 unspecified atom stereocenters. The molecule has 158 valence electrons. The van der Waals surface area contributed by atoms with Gasteiger partial charge in [0, 0.05) is 27.0 Å². The van der Waals surface area contributed by atoms with E-state index in [1.165, 1.54) is 0 Å². The van der Waals surface area contributed by atoms with Crippen molar-refractivity contribution in [2.75, 3.05) is 0 Å². The second-order valence-electron chi connectivity index (χ2n) is 7.71. The predicted octanol–water partition coefficient (Wildman–Crippen LogP) is 6.25. The van der Waals surface area contributed by atoms with Crippen molar-refractivity contribution in [3.05, 3.63) is 82.3 Å². The third kappa shape index (κ3) is 4.64. The smallest absolute Gasteiger partial charge is 0.307 e. The van der Waals surface area contributed by atoms with Gasteiger partial charge in [0.2, 0.25) is 0 Å². The van der Waals surface area contributed by atoms with E-state index in [2.05, 4.69) is 54.0 Å². The van der Waals surface area contributed by atoms with Crippen molar-refractivity contribution in [2.24, 2.45) is 0 Å². The minimum atomic E-state index is -0.875. The summed E-state index contributed by atoms with van der Waals surface area (Å²) in [4.78, 5) is 11.1. The lowest BCUT2D eigenvalue weighted by molar-refractivity contribution is -0.136. The molecule has 0 aliphatic carbocycles. The van der Waals surface area contributed by atoms with Crippen LogP contribution < -0.4 is 4.74 Å². The molecule has 0 amide bonds. The van der Waals surface area contributed by atoms with Crippen LogP contribution in [0.3, 0.4) is 0 Å². The lowest BCUT2D eigenvalue weighted by Gasteiger charge is -2.10. The number of para-hydroxylation sites is 1. The molecule has 1 N–H and O–H groups in total. The van der Waals surface area contributed by atoms with Crippen LogP contribution in [-0.2, 0) is 17.8 Å². The fourth-order valence-corrected chi connectivity index (χ4v) is 3.95. The molecule has 0 spiro atoms. The van der Waals surface area contributed by atoms with Crippen LogP contribution in [0.25, 0.3) is 22.2 Å². The normalized spacial score (nSPS) is 11.2. The van der Waals surface area contributed by atoms with Gasteiger partial charge < -0.3 is 9.84 Å². The van der Waals surface area contributed by atoms with Crippen molar-refractivity contribution in [2.45, 2.75) is 32.9 Å². The summed E-state index contributed by atoms with van der Waals surface area (Å²) in [5.41, 5.74) is 4.77. The number of carbonyl (C=O) groups is 1. The number of halogens is 1. The Kier molecular flexibility index (Phi) is 6.09. The standard InChI is InChI=1S/C25H23BrN2O3/c1-16(2)28-22-12-11-20(26)14-21(22)25(27-28)18-9-7-17(8-10-18)15-31-23-6-4-3-5-19(23)13-24(29)30/h3-12,14,16H,13,15H2,1-2H3,(H,29,30). The Balaban J connectivity index is 1.57. The number of aromatic nitrogens is 2. The Morgan fingerprint density at radius 3 is 2.55 bits per heavy atom. The molecule has 31 heavy (non-hydrogen) atoms. The third-order valence-corrected chi connectivity index (χ3v) is 5.59. The highest BCUT2D eigenvalue weighted by molar-refractivity contribution is 9.10. The van der Waals surface area contributed by atoms with Crippen molar-refractivity contribution in [3.8, 4) is 17.0 Å². The maximum atomic E-state index is 11.1. The highest BCUT2D eigenvalue weighted by Gasteiger charge is 2.15. The number of hydrogen-bond donors (Lipinski definition) is 1. The largest absolute Gasteiger partial charge is 0.489 e. The van der Waals surface area contributed by atoms with E-state index in [9.17, 15) is 4.79 Å². The summed E-state index contributed by atoms with van der Waals surface area (Å²) in [5, 5.41) is 15.1. The summed E-state index contributed by atoms with van der Waals surface area (Å²) in [6.45, 7) is 4.62. The van der Waals surface area contributed by atoms with E-state index < -0.39 is 5.97 Å². The van der Waals surface area contributed by atoms with Gasteiger partial charge in [0.1, 0.15) is 18.1 Å². The number of carboxylic acid groups (broad SMARTS) is 1. The molecule has 1 heterocycles. The van der Waals surface area contributed by atoms with E-state index in [0.29, 0.717) is 17.9 Å². The molecule has 0 atom stereocenters. The fourth-order valence-electron chi connectivity index (χ4n) is 3.59. The summed E-state index contributed by atoms with van der Waals surface area (Å²) < 4.78 is 8.97. The van der Waals surface area contributed by atoms with Crippen molar-refractivity contribution in [1.29, 1.82) is 0 Å². The van der Waals surface area contributed by atoms with Crippen LogP contribution in [-0.4, -0.2) is 20.9 Å². The van der Waals surface area contributed by atoms with E-state index in [1.807, 2.05) is 35.0 Å². The van der Waals surface area contributed by atoms with E-state index in [0.717, 1.165) is 32.2 Å². The third-order valence-electron chi connectivity index (χ3n) is 5.09. The quantitative estimate of drug-likeness (QED) is 0.340. The zero-order chi connectivity index (χ0) is 22.0. The highest BCUT2D eigenvalue weighted by Crippen LogP contribution is 2.32. The molecule has 0 saturated carbocycles. The number of nitrogens with zero attached hydrogens (tertiary/aromatic N) is 2. The molecule has 6 heteroatoms. The number of fused-ring (bicyclic) bond motifs is 1. The first kappa shape index (κ1) is 21.1. The molecule has 4 aromatic rings. The molecular formula is C25H23BrN2O3. The first-order valence-corrected chi connectivity index (χ1v) is 10.9. The van der Waals surface area contributed by atoms with Crippen LogP contribution >= 0.6 is 15.9 Å². The first-order chi connectivity index (χ1) is 14.9. The van der Waals surface area contributed by atoms with E-state index in [4.69, 9.17) is 14.9 Å². The number of rotatable bonds is 7. The molecule has 4 rings (SSSR count). The van der Waals surface area contributed by atoms with Gasteiger partial charge >= 0.3 is 5.97 Å². The van der Waals surface area contributed by atoms with E-state index in [1.54, 1.807) is 12.1 Å². The summed E-state index contributed by atoms with van der Waals surface area (Å²) in [7, 11) is 0. The Morgan fingerprint density at radius 1 is 1.10 bits per heavy atom. The summed E-state index contributed by atoms with van der Waals surface area (Å²) in [6, 6.07) is 21.9. The SMILES string of the molecule is CC(C)n1nc(-c2ccc(COc3ccccc3CC(=O)O)cc2)c2cc(Br)ccc21. The summed E-state index contributed by atoms with van der Waals surface area (Å²) >= 11 is 3.57.